The van der Waals surface area contributed by atoms with Crippen molar-refractivity contribution >= 4 is 5.96 Å². The van der Waals surface area contributed by atoms with Gasteiger partial charge < -0.3 is 15.4 Å². The topological polar surface area (TPSA) is 45.7 Å². The highest BCUT2D eigenvalue weighted by Crippen LogP contribution is 2.18. The summed E-state index contributed by atoms with van der Waals surface area (Å²) >= 11 is 0. The molecule has 0 aliphatic carbocycles. The molecule has 120 valence electrons. The average molecular weight is 301 g/mol. The predicted molar refractivity (Wildman–Crippen MR) is 93.1 cm³/mol. The van der Waals surface area contributed by atoms with E-state index in [-0.39, 0.29) is 6.04 Å². The van der Waals surface area contributed by atoms with Gasteiger partial charge in [-0.25, -0.2) is 4.99 Å². The van der Waals surface area contributed by atoms with E-state index in [0.717, 1.165) is 24.9 Å². The molecule has 0 spiro atoms. The number of ether oxygens (including phenoxy) is 1. The summed E-state index contributed by atoms with van der Waals surface area (Å²) in [7, 11) is 0. The Labute approximate surface area is 134 Å². The van der Waals surface area contributed by atoms with Crippen LogP contribution in [0.25, 0.3) is 0 Å². The number of aliphatic imine (C=N–C) groups is 1. The van der Waals surface area contributed by atoms with Crippen molar-refractivity contribution in [3.63, 3.8) is 0 Å². The van der Waals surface area contributed by atoms with Crippen molar-refractivity contribution in [3.05, 3.63) is 29.8 Å². The van der Waals surface area contributed by atoms with Crippen LogP contribution in [0.2, 0.25) is 0 Å². The van der Waals surface area contributed by atoms with E-state index in [9.17, 15) is 0 Å². The fourth-order valence-electron chi connectivity index (χ4n) is 1.85. The first-order chi connectivity index (χ1) is 10.6. The van der Waals surface area contributed by atoms with E-state index in [1.165, 1.54) is 5.56 Å². The Balaban J connectivity index is 2.64. The van der Waals surface area contributed by atoms with Crippen LogP contribution in [-0.2, 0) is 0 Å². The van der Waals surface area contributed by atoms with Crippen molar-refractivity contribution in [1.29, 1.82) is 0 Å². The molecule has 2 N–H and O–H groups in total. The highest BCUT2D eigenvalue weighted by atomic mass is 16.5. The number of guanidine groups is 1. The second-order valence-electron chi connectivity index (χ2n) is 5.54. The van der Waals surface area contributed by atoms with Crippen LogP contribution in [0.15, 0.2) is 29.3 Å². The van der Waals surface area contributed by atoms with Crippen LogP contribution in [0.4, 0.5) is 0 Å². The Kier molecular flexibility index (Phi) is 7.91. The van der Waals surface area contributed by atoms with Crippen LogP contribution in [-0.4, -0.2) is 25.7 Å². The predicted octanol–water partition coefficient (Wildman–Crippen LogP) is 2.97. The molecule has 1 aromatic rings. The summed E-state index contributed by atoms with van der Waals surface area (Å²) in [6.07, 6.45) is 5.25. The first kappa shape index (κ1) is 17.9. The molecule has 0 bridgehead atoms. The number of hydrogen-bond donors (Lipinski definition) is 2. The third-order valence-corrected chi connectivity index (χ3v) is 2.99. The Morgan fingerprint density at radius 2 is 1.95 bits per heavy atom. The number of hydrogen-bond acceptors (Lipinski definition) is 2. The molecule has 0 aliphatic rings. The van der Waals surface area contributed by atoms with Gasteiger partial charge in [0, 0.05) is 6.54 Å². The molecule has 0 saturated carbocycles. The van der Waals surface area contributed by atoms with Crippen LogP contribution in [0.3, 0.4) is 0 Å². The van der Waals surface area contributed by atoms with Crippen molar-refractivity contribution < 1.29 is 4.74 Å². The minimum Gasteiger partial charge on any atom is -0.493 e. The molecule has 22 heavy (non-hydrogen) atoms. The summed E-state index contributed by atoms with van der Waals surface area (Å²) in [5.74, 6) is 4.67. The maximum atomic E-state index is 5.70. The zero-order valence-electron chi connectivity index (χ0n) is 14.0. The average Bonchev–Trinajstić information content (AvgIpc) is 2.51. The molecule has 0 fully saturated rings. The van der Waals surface area contributed by atoms with Crippen LogP contribution in [0.1, 0.15) is 39.3 Å². The molecule has 0 aromatic heterocycles. The molecule has 0 aliphatic heterocycles. The number of benzene rings is 1. The molecular weight excluding hydrogens is 274 g/mol. The van der Waals surface area contributed by atoms with E-state index in [1.807, 2.05) is 19.1 Å². The van der Waals surface area contributed by atoms with E-state index in [0.29, 0.717) is 12.5 Å². The second-order valence-corrected chi connectivity index (χ2v) is 5.54. The summed E-state index contributed by atoms with van der Waals surface area (Å²) in [5, 5.41) is 6.52. The summed E-state index contributed by atoms with van der Waals surface area (Å²) in [6, 6.07) is 8.27. The van der Waals surface area contributed by atoms with Crippen LogP contribution in [0, 0.1) is 18.3 Å². The van der Waals surface area contributed by atoms with Gasteiger partial charge in [0.2, 0.25) is 0 Å². The Morgan fingerprint density at radius 3 is 2.50 bits per heavy atom. The summed E-state index contributed by atoms with van der Waals surface area (Å²) in [4.78, 5) is 4.30. The van der Waals surface area contributed by atoms with Gasteiger partial charge >= 0.3 is 0 Å². The zero-order chi connectivity index (χ0) is 16.4. The molecule has 1 unspecified atom stereocenters. The lowest BCUT2D eigenvalue weighted by Crippen LogP contribution is -2.38. The van der Waals surface area contributed by atoms with E-state index < -0.39 is 0 Å². The van der Waals surface area contributed by atoms with Crippen LogP contribution < -0.4 is 15.4 Å². The normalized spacial score (nSPS) is 12.6. The van der Waals surface area contributed by atoms with Crippen molar-refractivity contribution in [2.24, 2.45) is 10.9 Å². The summed E-state index contributed by atoms with van der Waals surface area (Å²) in [5.41, 5.74) is 1.17. The molecule has 1 aromatic carbocycles. The number of rotatable bonds is 7. The van der Waals surface area contributed by atoms with Crippen LogP contribution >= 0.6 is 0 Å². The first-order valence-corrected chi connectivity index (χ1v) is 7.77. The fourth-order valence-corrected chi connectivity index (χ4v) is 1.85. The molecule has 1 rings (SSSR count). The Bertz CT molecular complexity index is 500. The fraction of sp³-hybridized carbons (Fsp3) is 0.500. The van der Waals surface area contributed by atoms with Gasteiger partial charge in [0.15, 0.2) is 5.96 Å². The largest absolute Gasteiger partial charge is 0.493 e. The van der Waals surface area contributed by atoms with E-state index in [4.69, 9.17) is 11.2 Å². The van der Waals surface area contributed by atoms with Crippen LogP contribution in [0.5, 0.6) is 5.75 Å². The molecule has 4 heteroatoms. The Morgan fingerprint density at radius 1 is 1.27 bits per heavy atom. The third kappa shape index (κ3) is 6.53. The van der Waals surface area contributed by atoms with Gasteiger partial charge in [0.05, 0.1) is 12.6 Å². The van der Waals surface area contributed by atoms with Crippen molar-refractivity contribution in [1.82, 2.24) is 10.6 Å². The molecule has 0 saturated heterocycles. The highest BCUT2D eigenvalue weighted by molar-refractivity contribution is 5.80. The zero-order valence-corrected chi connectivity index (χ0v) is 14.0. The van der Waals surface area contributed by atoms with E-state index >= 15 is 0 Å². The SMILES string of the molecule is C#CCN=C(NCC)NC(C)c1ccc(OCC(C)C)cc1. The monoisotopic (exact) mass is 301 g/mol. The van der Waals surface area contributed by atoms with Crippen molar-refractivity contribution in [2.45, 2.75) is 33.7 Å². The van der Waals surface area contributed by atoms with Gasteiger partial charge in [0.25, 0.3) is 0 Å². The van der Waals surface area contributed by atoms with Gasteiger partial charge in [-0.1, -0.05) is 31.9 Å². The van der Waals surface area contributed by atoms with E-state index in [2.05, 4.69) is 54.5 Å². The first-order valence-electron chi connectivity index (χ1n) is 7.77. The van der Waals surface area contributed by atoms with Gasteiger partial charge in [-0.2, -0.15) is 0 Å². The van der Waals surface area contributed by atoms with Crippen molar-refractivity contribution in [2.75, 3.05) is 19.7 Å². The maximum Gasteiger partial charge on any atom is 0.192 e. The number of terminal acetylenes is 1. The number of nitrogens with one attached hydrogen (secondary N) is 2. The molecular formula is C18H27N3O. The standard InChI is InChI=1S/C18H27N3O/c1-6-12-20-18(19-7-2)21-15(5)16-8-10-17(11-9-16)22-13-14(3)4/h1,8-11,14-15H,7,12-13H2,2-5H3,(H2,19,20,21). The molecule has 1 atom stereocenters. The second kappa shape index (κ2) is 9.73. The molecule has 4 nitrogen and oxygen atoms in total. The third-order valence-electron chi connectivity index (χ3n) is 2.99. The van der Waals surface area contributed by atoms with Gasteiger partial charge in [-0.05, 0) is 37.5 Å². The minimum absolute atomic E-state index is 0.134. The lowest BCUT2D eigenvalue weighted by molar-refractivity contribution is 0.271. The smallest absolute Gasteiger partial charge is 0.192 e. The molecule has 0 heterocycles. The summed E-state index contributed by atoms with van der Waals surface area (Å²) < 4.78 is 5.70. The molecule has 0 radical (unpaired) electrons. The van der Waals surface area contributed by atoms with Gasteiger partial charge in [-0.15, -0.1) is 6.42 Å². The number of nitrogens with zero attached hydrogens (tertiary/aromatic N) is 1. The van der Waals surface area contributed by atoms with Gasteiger partial charge in [-0.3, -0.25) is 0 Å². The summed E-state index contributed by atoms with van der Waals surface area (Å²) in [6.45, 7) is 10.3. The van der Waals surface area contributed by atoms with Gasteiger partial charge in [0.1, 0.15) is 12.3 Å². The lowest BCUT2D eigenvalue weighted by Gasteiger charge is -2.18. The quantitative estimate of drug-likeness (QED) is 0.462. The lowest BCUT2D eigenvalue weighted by atomic mass is 10.1. The Hall–Kier alpha value is -2.15. The van der Waals surface area contributed by atoms with Crippen molar-refractivity contribution in [3.8, 4) is 18.1 Å². The molecule has 0 amide bonds. The highest BCUT2D eigenvalue weighted by Gasteiger charge is 2.08. The minimum atomic E-state index is 0.134. The van der Waals surface area contributed by atoms with E-state index in [1.54, 1.807) is 0 Å². The maximum absolute atomic E-state index is 5.70.